The largest absolute Gasteiger partial charge is 0.421 e. The third-order valence-electron chi connectivity index (χ3n) is 4.82. The van der Waals surface area contributed by atoms with E-state index in [2.05, 4.69) is 0 Å². The SMILES string of the molecule is NC1CCN(c2cc3c(cc2F)c(=O)n(O)c(=O)n3-c2ccc(F)cc2F)C1. The fourth-order valence-corrected chi connectivity index (χ4v) is 3.45. The molecular weight excluding hydrogens is 377 g/mol. The first-order chi connectivity index (χ1) is 13.3. The lowest BCUT2D eigenvalue weighted by Crippen LogP contribution is -2.38. The third kappa shape index (κ3) is 2.73. The monoisotopic (exact) mass is 392 g/mol. The van der Waals surface area contributed by atoms with Crippen molar-refractivity contribution in [3.63, 3.8) is 0 Å². The zero-order valence-electron chi connectivity index (χ0n) is 14.4. The molecule has 28 heavy (non-hydrogen) atoms. The van der Waals surface area contributed by atoms with Crippen LogP contribution in [0, 0.1) is 17.5 Å². The molecule has 0 amide bonds. The second-order valence-corrected chi connectivity index (χ2v) is 6.65. The maximum absolute atomic E-state index is 14.7. The van der Waals surface area contributed by atoms with Crippen molar-refractivity contribution < 1.29 is 18.4 Å². The lowest BCUT2D eigenvalue weighted by molar-refractivity contribution is 0.160. The molecule has 2 heterocycles. The number of halogens is 3. The summed E-state index contributed by atoms with van der Waals surface area (Å²) in [7, 11) is 0. The summed E-state index contributed by atoms with van der Waals surface area (Å²) in [4.78, 5) is 26.4. The minimum absolute atomic E-state index is 0.0891. The Bertz CT molecular complexity index is 1220. The topological polar surface area (TPSA) is 93.5 Å². The van der Waals surface area contributed by atoms with Crippen LogP contribution in [0.25, 0.3) is 16.6 Å². The smallest absolute Gasteiger partial charge is 0.369 e. The molecule has 3 aromatic rings. The van der Waals surface area contributed by atoms with E-state index in [4.69, 9.17) is 5.73 Å². The first-order valence-electron chi connectivity index (χ1n) is 8.44. The van der Waals surface area contributed by atoms with Crippen molar-refractivity contribution in [3.05, 3.63) is 68.6 Å². The van der Waals surface area contributed by atoms with E-state index in [1.807, 2.05) is 0 Å². The fourth-order valence-electron chi connectivity index (χ4n) is 3.45. The quantitative estimate of drug-likeness (QED) is 0.642. The number of hydrogen-bond acceptors (Lipinski definition) is 5. The normalized spacial score (nSPS) is 16.9. The van der Waals surface area contributed by atoms with Crippen LogP contribution in [0.2, 0.25) is 0 Å². The van der Waals surface area contributed by atoms with Crippen LogP contribution in [0.1, 0.15) is 6.42 Å². The molecule has 1 aliphatic rings. The summed E-state index contributed by atoms with van der Waals surface area (Å²) < 4.78 is 42.7. The predicted molar refractivity (Wildman–Crippen MR) is 95.7 cm³/mol. The highest BCUT2D eigenvalue weighted by molar-refractivity contribution is 5.84. The van der Waals surface area contributed by atoms with Gasteiger partial charge in [0.2, 0.25) is 0 Å². The first kappa shape index (κ1) is 18.1. The van der Waals surface area contributed by atoms with E-state index in [1.54, 1.807) is 4.90 Å². The number of aromatic nitrogens is 2. The number of nitrogens with two attached hydrogens (primary N) is 1. The van der Waals surface area contributed by atoms with Crippen molar-refractivity contribution >= 4 is 16.6 Å². The van der Waals surface area contributed by atoms with Gasteiger partial charge in [0.15, 0.2) is 0 Å². The van der Waals surface area contributed by atoms with E-state index in [1.165, 1.54) is 6.07 Å². The molecule has 4 rings (SSSR count). The van der Waals surface area contributed by atoms with Gasteiger partial charge in [0.25, 0.3) is 5.56 Å². The minimum atomic E-state index is -1.27. The molecular formula is C18H15F3N4O3. The van der Waals surface area contributed by atoms with E-state index in [0.717, 1.165) is 18.2 Å². The van der Waals surface area contributed by atoms with Gasteiger partial charge in [-0.2, -0.15) is 0 Å². The summed E-state index contributed by atoms with van der Waals surface area (Å²) in [5.41, 5.74) is 3.01. The Hall–Kier alpha value is -3.27. The summed E-state index contributed by atoms with van der Waals surface area (Å²) in [5, 5.41) is 9.49. The molecule has 7 nitrogen and oxygen atoms in total. The van der Waals surface area contributed by atoms with Crippen LogP contribution in [-0.4, -0.2) is 33.6 Å². The summed E-state index contributed by atoms with van der Waals surface area (Å²) in [6.45, 7) is 0.838. The lowest BCUT2D eigenvalue weighted by atomic mass is 10.1. The molecule has 1 atom stereocenters. The van der Waals surface area contributed by atoms with Gasteiger partial charge in [0, 0.05) is 25.2 Å². The van der Waals surface area contributed by atoms with E-state index in [9.17, 15) is 28.0 Å². The Morgan fingerprint density at radius 1 is 1.04 bits per heavy atom. The van der Waals surface area contributed by atoms with Crippen molar-refractivity contribution in [2.75, 3.05) is 18.0 Å². The lowest BCUT2D eigenvalue weighted by Gasteiger charge is -2.20. The Morgan fingerprint density at radius 2 is 1.75 bits per heavy atom. The highest BCUT2D eigenvalue weighted by Gasteiger charge is 2.25. The first-order valence-corrected chi connectivity index (χ1v) is 8.44. The Labute approximate surface area is 155 Å². The highest BCUT2D eigenvalue weighted by Crippen LogP contribution is 2.28. The third-order valence-corrected chi connectivity index (χ3v) is 4.82. The van der Waals surface area contributed by atoms with Crippen LogP contribution >= 0.6 is 0 Å². The molecule has 1 aromatic heterocycles. The van der Waals surface area contributed by atoms with E-state index >= 15 is 0 Å². The Kier molecular flexibility index (Phi) is 4.15. The fraction of sp³-hybridized carbons (Fsp3) is 0.222. The summed E-state index contributed by atoms with van der Waals surface area (Å²) in [5.74, 6) is -2.70. The van der Waals surface area contributed by atoms with Gasteiger partial charge >= 0.3 is 5.69 Å². The van der Waals surface area contributed by atoms with Gasteiger partial charge in [-0.25, -0.2) is 18.0 Å². The number of benzene rings is 2. The number of fused-ring (bicyclic) bond motifs is 1. The molecule has 1 fully saturated rings. The van der Waals surface area contributed by atoms with E-state index < -0.39 is 34.4 Å². The molecule has 1 saturated heterocycles. The van der Waals surface area contributed by atoms with Crippen LogP contribution < -0.4 is 21.9 Å². The Morgan fingerprint density at radius 3 is 2.39 bits per heavy atom. The molecule has 0 saturated carbocycles. The number of rotatable bonds is 2. The number of nitrogens with zero attached hydrogens (tertiary/aromatic N) is 3. The van der Waals surface area contributed by atoms with Crippen molar-refractivity contribution in [1.82, 2.24) is 9.30 Å². The summed E-state index contributed by atoms with van der Waals surface area (Å²) >= 11 is 0. The van der Waals surface area contributed by atoms with E-state index in [0.29, 0.717) is 30.1 Å². The zero-order chi connectivity index (χ0) is 20.2. The summed E-state index contributed by atoms with van der Waals surface area (Å²) in [6, 6.07) is 4.43. The average molecular weight is 392 g/mol. The number of hydrogen-bond donors (Lipinski definition) is 2. The molecule has 0 spiro atoms. The standard InChI is InChI=1S/C18H15F3N4O3/c19-9-1-2-14(12(20)5-9)24-15-7-16(23-4-3-10(22)8-23)13(21)6-11(15)17(26)25(28)18(24)27/h1-2,5-7,10,28H,3-4,8,22H2. The second kappa shape index (κ2) is 6.41. The van der Waals surface area contributed by atoms with Crippen LogP contribution in [0.15, 0.2) is 39.9 Å². The number of anilines is 1. The molecule has 146 valence electrons. The van der Waals surface area contributed by atoms with E-state index in [-0.39, 0.29) is 27.4 Å². The van der Waals surface area contributed by atoms with Gasteiger partial charge in [-0.05, 0) is 30.7 Å². The highest BCUT2D eigenvalue weighted by atomic mass is 19.1. The second-order valence-electron chi connectivity index (χ2n) is 6.65. The minimum Gasteiger partial charge on any atom is -0.421 e. The van der Waals surface area contributed by atoms with Gasteiger partial charge in [-0.15, -0.1) is 0 Å². The van der Waals surface area contributed by atoms with Crippen molar-refractivity contribution in [3.8, 4) is 5.69 Å². The predicted octanol–water partition coefficient (Wildman–Crippen LogP) is 1.34. The molecule has 1 aliphatic heterocycles. The van der Waals surface area contributed by atoms with Crippen molar-refractivity contribution in [2.24, 2.45) is 5.73 Å². The van der Waals surface area contributed by atoms with Gasteiger partial charge in [-0.1, -0.05) is 4.73 Å². The van der Waals surface area contributed by atoms with Gasteiger partial charge in [-0.3, -0.25) is 9.36 Å². The average Bonchev–Trinajstić information content (AvgIpc) is 3.08. The van der Waals surface area contributed by atoms with Crippen molar-refractivity contribution in [2.45, 2.75) is 12.5 Å². The van der Waals surface area contributed by atoms with Crippen molar-refractivity contribution in [1.29, 1.82) is 0 Å². The molecule has 0 aliphatic carbocycles. The van der Waals surface area contributed by atoms with Gasteiger partial charge in [0.05, 0.1) is 22.3 Å². The van der Waals surface area contributed by atoms with Gasteiger partial charge < -0.3 is 15.8 Å². The maximum atomic E-state index is 14.7. The molecule has 1 unspecified atom stereocenters. The zero-order valence-corrected chi connectivity index (χ0v) is 14.4. The Balaban J connectivity index is 2.08. The van der Waals surface area contributed by atoms with Crippen LogP contribution in [0.4, 0.5) is 18.9 Å². The van der Waals surface area contributed by atoms with Gasteiger partial charge in [0.1, 0.15) is 17.5 Å². The van der Waals surface area contributed by atoms with Crippen LogP contribution in [0.3, 0.4) is 0 Å². The summed E-state index contributed by atoms with van der Waals surface area (Å²) in [6.07, 6.45) is 0.634. The molecule has 10 heteroatoms. The molecule has 3 N–H and O–H groups in total. The van der Waals surface area contributed by atoms with Crippen LogP contribution in [-0.2, 0) is 0 Å². The molecule has 0 bridgehead atoms. The molecule has 2 aromatic carbocycles. The van der Waals surface area contributed by atoms with Crippen LogP contribution in [0.5, 0.6) is 0 Å². The molecule has 0 radical (unpaired) electrons. The maximum Gasteiger partial charge on any atom is 0.369 e.